The van der Waals surface area contributed by atoms with Crippen LogP contribution in [0.2, 0.25) is 0 Å². The number of carbonyl (C=O) groups is 1. The van der Waals surface area contributed by atoms with Crippen molar-refractivity contribution in [2.75, 3.05) is 6.54 Å². The maximum absolute atomic E-state index is 11.7. The molecule has 2 N–H and O–H groups in total. The first-order valence-corrected chi connectivity index (χ1v) is 6.81. The van der Waals surface area contributed by atoms with Crippen molar-refractivity contribution in [3.63, 3.8) is 0 Å². The van der Waals surface area contributed by atoms with E-state index >= 15 is 0 Å². The predicted octanol–water partition coefficient (Wildman–Crippen LogP) is 1.13. The third-order valence-electron chi connectivity index (χ3n) is 2.63. The lowest BCUT2D eigenvalue weighted by molar-refractivity contribution is -0.120. The van der Waals surface area contributed by atoms with Crippen LogP contribution in [-0.2, 0) is 11.2 Å². The minimum absolute atomic E-state index is 0.0262. The second kappa shape index (κ2) is 5.49. The lowest BCUT2D eigenvalue weighted by Gasteiger charge is -2.06. The molecule has 18 heavy (non-hydrogen) atoms. The summed E-state index contributed by atoms with van der Waals surface area (Å²) in [5, 5.41) is 13.9. The molecule has 0 saturated heterocycles. The second-order valence-electron chi connectivity index (χ2n) is 4.43. The van der Waals surface area contributed by atoms with E-state index in [-0.39, 0.29) is 12.0 Å². The van der Waals surface area contributed by atoms with Crippen molar-refractivity contribution >= 4 is 22.2 Å². The molecule has 2 aromatic rings. The molecule has 0 aliphatic rings. The Kier molecular flexibility index (Phi) is 3.98. The lowest BCUT2D eigenvalue weighted by atomic mass is 10.2. The van der Waals surface area contributed by atoms with Crippen LogP contribution in [0.4, 0.5) is 0 Å². The molecule has 0 aliphatic heterocycles. The molecule has 2 aromatic heterocycles. The largest absolute Gasteiger partial charge is 0.393 e. The van der Waals surface area contributed by atoms with Crippen molar-refractivity contribution < 1.29 is 9.90 Å². The molecule has 6 heteroatoms. The SMILES string of the molecule is Cc1cn2c(CC(=O)NCCC(C)O)csc2n1. The molecule has 0 aliphatic carbocycles. The van der Waals surface area contributed by atoms with Gasteiger partial charge in [0, 0.05) is 23.8 Å². The lowest BCUT2D eigenvalue weighted by Crippen LogP contribution is -2.28. The number of carbonyl (C=O) groups excluding carboxylic acids is 1. The van der Waals surface area contributed by atoms with E-state index in [1.807, 2.05) is 22.9 Å². The molecular formula is C12H17N3O2S. The molecule has 5 nitrogen and oxygen atoms in total. The fourth-order valence-corrected chi connectivity index (χ4v) is 2.63. The van der Waals surface area contributed by atoms with Crippen molar-refractivity contribution in [2.24, 2.45) is 0 Å². The van der Waals surface area contributed by atoms with Gasteiger partial charge < -0.3 is 10.4 Å². The fourth-order valence-electron chi connectivity index (χ4n) is 1.72. The Labute approximate surface area is 109 Å². The minimum atomic E-state index is -0.380. The number of imidazole rings is 1. The Balaban J connectivity index is 1.94. The van der Waals surface area contributed by atoms with Gasteiger partial charge in [0.15, 0.2) is 4.96 Å². The Morgan fingerprint density at radius 2 is 2.44 bits per heavy atom. The Bertz CT molecular complexity index is 545. The minimum Gasteiger partial charge on any atom is -0.393 e. The highest BCUT2D eigenvalue weighted by Gasteiger charge is 2.10. The maximum atomic E-state index is 11.7. The number of amides is 1. The molecule has 2 heterocycles. The molecule has 0 aromatic carbocycles. The Hall–Kier alpha value is -1.40. The molecule has 0 bridgehead atoms. The van der Waals surface area contributed by atoms with Gasteiger partial charge >= 0.3 is 0 Å². The monoisotopic (exact) mass is 267 g/mol. The van der Waals surface area contributed by atoms with Crippen LogP contribution in [0, 0.1) is 6.92 Å². The number of thiazole rings is 1. The molecule has 0 fully saturated rings. The van der Waals surface area contributed by atoms with Gasteiger partial charge in [-0.15, -0.1) is 11.3 Å². The van der Waals surface area contributed by atoms with E-state index in [9.17, 15) is 4.79 Å². The van der Waals surface area contributed by atoms with E-state index in [0.29, 0.717) is 19.4 Å². The van der Waals surface area contributed by atoms with Crippen LogP contribution in [0.25, 0.3) is 4.96 Å². The van der Waals surface area contributed by atoms with Gasteiger partial charge in [0.1, 0.15) is 0 Å². The highest BCUT2D eigenvalue weighted by Crippen LogP contribution is 2.16. The summed E-state index contributed by atoms with van der Waals surface area (Å²) in [4.78, 5) is 17.0. The number of hydrogen-bond acceptors (Lipinski definition) is 4. The van der Waals surface area contributed by atoms with Gasteiger partial charge in [-0.3, -0.25) is 9.20 Å². The zero-order valence-electron chi connectivity index (χ0n) is 10.5. The highest BCUT2D eigenvalue weighted by atomic mass is 32.1. The number of fused-ring (bicyclic) bond motifs is 1. The summed E-state index contributed by atoms with van der Waals surface area (Å²) in [7, 11) is 0. The second-order valence-corrected chi connectivity index (χ2v) is 5.26. The third-order valence-corrected chi connectivity index (χ3v) is 3.52. The van der Waals surface area contributed by atoms with Crippen LogP contribution >= 0.6 is 11.3 Å². The maximum Gasteiger partial charge on any atom is 0.225 e. The Morgan fingerprint density at radius 3 is 3.17 bits per heavy atom. The quantitative estimate of drug-likeness (QED) is 0.853. The summed E-state index contributed by atoms with van der Waals surface area (Å²) in [6, 6.07) is 0. The topological polar surface area (TPSA) is 66.6 Å². The van der Waals surface area contributed by atoms with Gasteiger partial charge in [-0.25, -0.2) is 4.98 Å². The average Bonchev–Trinajstić information content (AvgIpc) is 2.79. The molecular weight excluding hydrogens is 250 g/mol. The molecule has 1 atom stereocenters. The van der Waals surface area contributed by atoms with Gasteiger partial charge in [-0.05, 0) is 20.3 Å². The van der Waals surface area contributed by atoms with E-state index in [0.717, 1.165) is 16.3 Å². The number of aliphatic hydroxyl groups is 1. The van der Waals surface area contributed by atoms with Crippen LogP contribution in [0.1, 0.15) is 24.7 Å². The van der Waals surface area contributed by atoms with E-state index in [1.54, 1.807) is 6.92 Å². The molecule has 1 unspecified atom stereocenters. The van der Waals surface area contributed by atoms with Crippen molar-refractivity contribution in [1.29, 1.82) is 0 Å². The summed E-state index contributed by atoms with van der Waals surface area (Å²) in [5.74, 6) is -0.0262. The van der Waals surface area contributed by atoms with Crippen LogP contribution in [0.3, 0.4) is 0 Å². The number of rotatable bonds is 5. The third kappa shape index (κ3) is 3.08. The van der Waals surface area contributed by atoms with Crippen LogP contribution < -0.4 is 5.32 Å². The summed E-state index contributed by atoms with van der Waals surface area (Å²) in [5.41, 5.74) is 1.91. The smallest absolute Gasteiger partial charge is 0.225 e. The number of hydrogen-bond donors (Lipinski definition) is 2. The average molecular weight is 267 g/mol. The molecule has 0 saturated carbocycles. The predicted molar refractivity (Wildman–Crippen MR) is 70.8 cm³/mol. The fraction of sp³-hybridized carbons (Fsp3) is 0.500. The first-order valence-electron chi connectivity index (χ1n) is 5.93. The number of nitrogens with zero attached hydrogens (tertiary/aromatic N) is 2. The summed E-state index contributed by atoms with van der Waals surface area (Å²) in [6.07, 6.45) is 2.48. The van der Waals surface area contributed by atoms with E-state index in [4.69, 9.17) is 5.11 Å². The summed E-state index contributed by atoms with van der Waals surface area (Å²) < 4.78 is 1.95. The van der Waals surface area contributed by atoms with Gasteiger partial charge in [-0.1, -0.05) is 0 Å². The van der Waals surface area contributed by atoms with E-state index in [1.165, 1.54) is 11.3 Å². The standard InChI is InChI=1S/C12H17N3O2S/c1-8-6-15-10(7-18-12(15)14-8)5-11(17)13-4-3-9(2)16/h6-7,9,16H,3-5H2,1-2H3,(H,13,17). The molecule has 1 amide bonds. The van der Waals surface area contributed by atoms with Crippen molar-refractivity contribution in [1.82, 2.24) is 14.7 Å². The number of aliphatic hydroxyl groups excluding tert-OH is 1. The summed E-state index contributed by atoms with van der Waals surface area (Å²) in [6.45, 7) is 4.15. The number of aromatic nitrogens is 2. The van der Waals surface area contributed by atoms with Crippen LogP contribution in [0.15, 0.2) is 11.6 Å². The van der Waals surface area contributed by atoms with Crippen molar-refractivity contribution in [3.05, 3.63) is 23.0 Å². The van der Waals surface area contributed by atoms with Crippen LogP contribution in [0.5, 0.6) is 0 Å². The van der Waals surface area contributed by atoms with Crippen molar-refractivity contribution in [3.8, 4) is 0 Å². The Morgan fingerprint density at radius 1 is 1.67 bits per heavy atom. The molecule has 2 rings (SSSR count). The zero-order chi connectivity index (χ0) is 13.1. The van der Waals surface area contributed by atoms with Crippen LogP contribution in [-0.4, -0.2) is 33.0 Å². The van der Waals surface area contributed by atoms with E-state index < -0.39 is 0 Å². The first kappa shape index (κ1) is 13.0. The van der Waals surface area contributed by atoms with Gasteiger partial charge in [0.05, 0.1) is 18.2 Å². The highest BCUT2D eigenvalue weighted by molar-refractivity contribution is 7.15. The van der Waals surface area contributed by atoms with Gasteiger partial charge in [0.2, 0.25) is 5.91 Å². The number of nitrogens with one attached hydrogen (secondary N) is 1. The van der Waals surface area contributed by atoms with Crippen molar-refractivity contribution in [2.45, 2.75) is 32.8 Å². The summed E-state index contributed by atoms with van der Waals surface area (Å²) >= 11 is 1.54. The van der Waals surface area contributed by atoms with Gasteiger partial charge in [0.25, 0.3) is 0 Å². The molecule has 0 spiro atoms. The molecule has 98 valence electrons. The van der Waals surface area contributed by atoms with Gasteiger partial charge in [-0.2, -0.15) is 0 Å². The molecule has 0 radical (unpaired) electrons. The van der Waals surface area contributed by atoms with E-state index in [2.05, 4.69) is 10.3 Å². The number of aryl methyl sites for hydroxylation is 1. The first-order chi connectivity index (χ1) is 8.56. The normalized spacial score (nSPS) is 12.8. The zero-order valence-corrected chi connectivity index (χ0v) is 11.3.